The third kappa shape index (κ3) is 3.74. The standard InChI is InChI=1S/C20H20N4O2S/c1-13-2-3-18(26-13)15-9-17(23-20(22)16(15)10-21)19-8-14(12-27-19)11-24-4-6-25-7-5-24/h2-3,8-9,12H,4-7,11H2,1H3,(H2,22,23). The molecule has 1 aliphatic heterocycles. The van der Waals surface area contributed by atoms with Crippen LogP contribution in [-0.2, 0) is 11.3 Å². The van der Waals surface area contributed by atoms with Crippen molar-refractivity contribution in [3.63, 3.8) is 0 Å². The van der Waals surface area contributed by atoms with Gasteiger partial charge >= 0.3 is 0 Å². The summed E-state index contributed by atoms with van der Waals surface area (Å²) in [6.07, 6.45) is 0. The number of hydrogen-bond donors (Lipinski definition) is 1. The molecule has 138 valence electrons. The number of aromatic nitrogens is 1. The second-order valence-electron chi connectivity index (χ2n) is 6.55. The molecule has 4 rings (SSSR count). The van der Waals surface area contributed by atoms with Crippen molar-refractivity contribution in [1.29, 1.82) is 5.26 Å². The maximum atomic E-state index is 9.49. The number of nitrogens with zero attached hydrogens (tertiary/aromatic N) is 3. The van der Waals surface area contributed by atoms with Crippen LogP contribution >= 0.6 is 11.3 Å². The summed E-state index contributed by atoms with van der Waals surface area (Å²) in [6.45, 7) is 6.26. The molecule has 27 heavy (non-hydrogen) atoms. The lowest BCUT2D eigenvalue weighted by molar-refractivity contribution is 0.0342. The first-order valence-corrected chi connectivity index (χ1v) is 9.67. The third-order valence-electron chi connectivity index (χ3n) is 4.58. The first kappa shape index (κ1) is 17.7. The summed E-state index contributed by atoms with van der Waals surface area (Å²) in [5.74, 6) is 1.64. The summed E-state index contributed by atoms with van der Waals surface area (Å²) in [6, 6.07) is 9.91. The monoisotopic (exact) mass is 380 g/mol. The molecule has 0 aliphatic carbocycles. The van der Waals surface area contributed by atoms with Gasteiger partial charge in [0.1, 0.15) is 29.0 Å². The molecular formula is C20H20N4O2S. The van der Waals surface area contributed by atoms with Crippen molar-refractivity contribution in [2.45, 2.75) is 13.5 Å². The third-order valence-corrected chi connectivity index (χ3v) is 5.58. The molecule has 4 heterocycles. The Hall–Kier alpha value is -2.66. The number of nitrogen functional groups attached to an aromatic ring is 1. The van der Waals surface area contributed by atoms with Gasteiger partial charge in [0.25, 0.3) is 0 Å². The van der Waals surface area contributed by atoms with E-state index in [0.29, 0.717) is 16.9 Å². The summed E-state index contributed by atoms with van der Waals surface area (Å²) in [4.78, 5) is 7.87. The highest BCUT2D eigenvalue weighted by molar-refractivity contribution is 7.13. The van der Waals surface area contributed by atoms with Crippen molar-refractivity contribution in [3.8, 4) is 28.0 Å². The van der Waals surface area contributed by atoms with Crippen LogP contribution in [0.1, 0.15) is 16.9 Å². The van der Waals surface area contributed by atoms with Crippen LogP contribution in [0.2, 0.25) is 0 Å². The predicted octanol–water partition coefficient (Wildman–Crippen LogP) is 3.66. The van der Waals surface area contributed by atoms with E-state index in [1.54, 1.807) is 11.3 Å². The number of rotatable bonds is 4. The second kappa shape index (κ2) is 7.53. The largest absolute Gasteiger partial charge is 0.461 e. The zero-order valence-corrected chi connectivity index (χ0v) is 15.9. The van der Waals surface area contributed by atoms with Crippen LogP contribution in [0.4, 0.5) is 5.82 Å². The van der Waals surface area contributed by atoms with Gasteiger partial charge in [-0.2, -0.15) is 5.26 Å². The summed E-state index contributed by atoms with van der Waals surface area (Å²) in [5, 5.41) is 11.6. The first-order chi connectivity index (χ1) is 13.1. The lowest BCUT2D eigenvalue weighted by Crippen LogP contribution is -2.35. The quantitative estimate of drug-likeness (QED) is 0.743. The number of ether oxygens (including phenoxy) is 1. The molecule has 6 nitrogen and oxygen atoms in total. The average molecular weight is 380 g/mol. The molecule has 0 atom stereocenters. The SMILES string of the molecule is Cc1ccc(-c2cc(-c3cc(CN4CCOCC4)cs3)nc(N)c2C#N)o1. The molecule has 0 spiro atoms. The molecule has 0 bridgehead atoms. The molecule has 1 aliphatic rings. The molecule has 0 unspecified atom stereocenters. The minimum atomic E-state index is 0.224. The van der Waals surface area contributed by atoms with Crippen molar-refractivity contribution < 1.29 is 9.15 Å². The normalized spacial score (nSPS) is 15.0. The van der Waals surface area contributed by atoms with Crippen molar-refractivity contribution in [1.82, 2.24) is 9.88 Å². The molecule has 0 radical (unpaired) electrons. The highest BCUT2D eigenvalue weighted by Crippen LogP contribution is 2.34. The van der Waals surface area contributed by atoms with E-state index in [1.165, 1.54) is 5.56 Å². The van der Waals surface area contributed by atoms with E-state index >= 15 is 0 Å². The van der Waals surface area contributed by atoms with Gasteiger partial charge in [0.2, 0.25) is 0 Å². The number of furan rings is 1. The van der Waals surface area contributed by atoms with Crippen LogP contribution in [0, 0.1) is 18.3 Å². The van der Waals surface area contributed by atoms with Crippen molar-refractivity contribution >= 4 is 17.2 Å². The van der Waals surface area contributed by atoms with Crippen molar-refractivity contribution in [3.05, 3.63) is 46.5 Å². The fourth-order valence-corrected chi connectivity index (χ4v) is 4.06. The topological polar surface area (TPSA) is 88.3 Å². The Labute approximate surface area is 161 Å². The number of nitrogens with two attached hydrogens (primary N) is 1. The van der Waals surface area contributed by atoms with Crippen molar-refractivity contribution in [2.75, 3.05) is 32.0 Å². The summed E-state index contributed by atoms with van der Waals surface area (Å²) < 4.78 is 11.1. The van der Waals surface area contributed by atoms with E-state index in [0.717, 1.165) is 49.2 Å². The Morgan fingerprint density at radius 3 is 2.81 bits per heavy atom. The Bertz CT molecular complexity index is 996. The number of aryl methyl sites for hydroxylation is 1. The predicted molar refractivity (Wildman–Crippen MR) is 105 cm³/mol. The Morgan fingerprint density at radius 2 is 2.11 bits per heavy atom. The molecule has 2 N–H and O–H groups in total. The highest BCUT2D eigenvalue weighted by Gasteiger charge is 2.17. The smallest absolute Gasteiger partial charge is 0.142 e. The van der Waals surface area contributed by atoms with Crippen LogP contribution in [0.25, 0.3) is 21.9 Å². The Kier molecular flexibility index (Phi) is 4.94. The number of morpholine rings is 1. The Balaban J connectivity index is 1.66. The number of pyridine rings is 1. The van der Waals surface area contributed by atoms with Gasteiger partial charge in [-0.1, -0.05) is 0 Å². The van der Waals surface area contributed by atoms with E-state index in [2.05, 4.69) is 27.4 Å². The molecule has 1 saturated heterocycles. The fourth-order valence-electron chi connectivity index (χ4n) is 3.19. The van der Waals surface area contributed by atoms with Crippen LogP contribution in [-0.4, -0.2) is 36.2 Å². The maximum Gasteiger partial charge on any atom is 0.142 e. The van der Waals surface area contributed by atoms with Gasteiger partial charge in [0, 0.05) is 25.2 Å². The van der Waals surface area contributed by atoms with E-state index in [1.807, 2.05) is 25.1 Å². The highest BCUT2D eigenvalue weighted by atomic mass is 32.1. The maximum absolute atomic E-state index is 9.49. The summed E-state index contributed by atoms with van der Waals surface area (Å²) in [5.41, 5.74) is 9.11. The van der Waals surface area contributed by atoms with Crippen LogP contribution in [0.15, 0.2) is 34.1 Å². The minimum absolute atomic E-state index is 0.224. The summed E-state index contributed by atoms with van der Waals surface area (Å²) in [7, 11) is 0. The van der Waals surface area contributed by atoms with Gasteiger partial charge in [0.15, 0.2) is 0 Å². The minimum Gasteiger partial charge on any atom is -0.461 e. The number of hydrogen-bond acceptors (Lipinski definition) is 7. The summed E-state index contributed by atoms with van der Waals surface area (Å²) >= 11 is 1.63. The second-order valence-corrected chi connectivity index (χ2v) is 7.46. The average Bonchev–Trinajstić information content (AvgIpc) is 3.31. The zero-order chi connectivity index (χ0) is 18.8. The van der Waals surface area contributed by atoms with Gasteiger partial charge in [0.05, 0.1) is 23.8 Å². The van der Waals surface area contributed by atoms with Gasteiger partial charge in [-0.3, -0.25) is 4.90 Å². The number of thiophene rings is 1. The van der Waals surface area contributed by atoms with Gasteiger partial charge in [-0.15, -0.1) is 11.3 Å². The van der Waals surface area contributed by atoms with Crippen LogP contribution in [0.3, 0.4) is 0 Å². The van der Waals surface area contributed by atoms with E-state index < -0.39 is 0 Å². The van der Waals surface area contributed by atoms with Gasteiger partial charge < -0.3 is 14.9 Å². The molecule has 7 heteroatoms. The molecule has 1 fully saturated rings. The molecule has 0 saturated carbocycles. The molecular weight excluding hydrogens is 360 g/mol. The fraction of sp³-hybridized carbons (Fsp3) is 0.300. The number of anilines is 1. The molecule has 0 aromatic carbocycles. The van der Waals surface area contributed by atoms with Gasteiger partial charge in [-0.25, -0.2) is 4.98 Å². The van der Waals surface area contributed by atoms with E-state index in [4.69, 9.17) is 14.9 Å². The van der Waals surface area contributed by atoms with Crippen molar-refractivity contribution in [2.24, 2.45) is 0 Å². The van der Waals surface area contributed by atoms with E-state index in [-0.39, 0.29) is 5.82 Å². The van der Waals surface area contributed by atoms with Crippen LogP contribution in [0.5, 0.6) is 0 Å². The first-order valence-electron chi connectivity index (χ1n) is 8.79. The molecule has 3 aromatic rings. The molecule has 3 aromatic heterocycles. The lowest BCUT2D eigenvalue weighted by Gasteiger charge is -2.26. The lowest BCUT2D eigenvalue weighted by atomic mass is 10.1. The van der Waals surface area contributed by atoms with Crippen LogP contribution < -0.4 is 5.73 Å². The Morgan fingerprint density at radius 1 is 1.30 bits per heavy atom. The number of nitriles is 1. The molecule has 0 amide bonds. The van der Waals surface area contributed by atoms with E-state index in [9.17, 15) is 5.26 Å². The zero-order valence-electron chi connectivity index (χ0n) is 15.1. The van der Waals surface area contributed by atoms with Gasteiger partial charge in [-0.05, 0) is 42.1 Å².